The van der Waals surface area contributed by atoms with Gasteiger partial charge in [0.25, 0.3) is 0 Å². The lowest BCUT2D eigenvalue weighted by atomic mass is 10.0. The number of benzene rings is 1. The average molecular weight is 634 g/mol. The first-order valence-corrected chi connectivity index (χ1v) is 16.0. The van der Waals surface area contributed by atoms with Crippen LogP contribution >= 0.6 is 12.0 Å². The Morgan fingerprint density at radius 3 is 2.71 bits per heavy atom. The number of phenolic OH excluding ortho intramolecular Hbond substituents is 1. The van der Waals surface area contributed by atoms with Crippen molar-refractivity contribution in [2.24, 2.45) is 5.92 Å². The summed E-state index contributed by atoms with van der Waals surface area (Å²) >= 11 is 1.10. The second-order valence-electron chi connectivity index (χ2n) is 9.41. The molecule has 1 aromatic carbocycles. The summed E-state index contributed by atoms with van der Waals surface area (Å²) in [5, 5.41) is 13.9. The van der Waals surface area contributed by atoms with Gasteiger partial charge in [0.15, 0.2) is 5.78 Å². The smallest absolute Gasteiger partial charge is 0.342 e. The number of rotatable bonds is 13. The predicted octanol–water partition coefficient (Wildman–Crippen LogP) is 2.41. The van der Waals surface area contributed by atoms with E-state index in [1.807, 2.05) is 19.1 Å². The number of carbonyl (C=O) groups excluding carboxylic acids is 2. The molecule has 0 fully saturated rings. The van der Waals surface area contributed by atoms with Crippen molar-refractivity contribution in [3.8, 4) is 11.5 Å². The van der Waals surface area contributed by atoms with Crippen LogP contribution in [0.25, 0.3) is 6.08 Å². The van der Waals surface area contributed by atoms with Gasteiger partial charge in [0, 0.05) is 55.5 Å². The fourth-order valence-corrected chi connectivity index (χ4v) is 4.71. The molecule has 0 spiro atoms. The van der Waals surface area contributed by atoms with Gasteiger partial charge in [0.1, 0.15) is 33.5 Å². The summed E-state index contributed by atoms with van der Waals surface area (Å²) in [7, 11) is -1.65. The predicted molar refractivity (Wildman–Crippen MR) is 163 cm³/mol. The summed E-state index contributed by atoms with van der Waals surface area (Å²) in [6.45, 7) is 3.16. The zero-order valence-electron chi connectivity index (χ0n) is 24.2. The van der Waals surface area contributed by atoms with Crippen LogP contribution in [0.1, 0.15) is 48.5 Å². The average Bonchev–Trinajstić information content (AvgIpc) is 2.88. The molecule has 238 valence electrons. The minimum absolute atomic E-state index is 0. The molecule has 42 heavy (non-hydrogen) atoms. The first-order chi connectivity index (χ1) is 19.1. The Labute approximate surface area is 251 Å². The van der Waals surface area contributed by atoms with Crippen molar-refractivity contribution in [1.82, 2.24) is 5.32 Å². The lowest BCUT2D eigenvalue weighted by Gasteiger charge is -2.14. The molecule has 14 heteroatoms. The maximum atomic E-state index is 12.8. The van der Waals surface area contributed by atoms with Crippen molar-refractivity contribution in [1.29, 1.82) is 0 Å². The number of sulfone groups is 1. The Bertz CT molecular complexity index is 1180. The van der Waals surface area contributed by atoms with E-state index in [-0.39, 0.29) is 52.9 Å². The van der Waals surface area contributed by atoms with Crippen LogP contribution in [0.3, 0.4) is 0 Å². The maximum Gasteiger partial charge on any atom is 0.342 e. The second-order valence-corrected chi connectivity index (χ2v) is 12.3. The van der Waals surface area contributed by atoms with E-state index in [4.69, 9.17) is 13.8 Å². The first-order valence-electron chi connectivity index (χ1n) is 13.0. The molecule has 1 heterocycles. The van der Waals surface area contributed by atoms with Gasteiger partial charge in [-0.1, -0.05) is 31.2 Å². The van der Waals surface area contributed by atoms with Gasteiger partial charge in [-0.2, -0.15) is 4.33 Å². The first kappa shape index (κ1) is 39.3. The molecule has 0 unspecified atom stereocenters. The van der Waals surface area contributed by atoms with Crippen LogP contribution in [0.2, 0.25) is 0 Å². The molecular weight excluding hydrogens is 590 g/mol. The quantitative estimate of drug-likeness (QED) is 0.0807. The van der Waals surface area contributed by atoms with Crippen molar-refractivity contribution >= 4 is 39.7 Å². The van der Waals surface area contributed by atoms with Gasteiger partial charge in [-0.15, -0.1) is 0 Å². The van der Waals surface area contributed by atoms with Gasteiger partial charge >= 0.3 is 5.97 Å². The Hall–Kier alpha value is -2.72. The van der Waals surface area contributed by atoms with E-state index in [1.54, 1.807) is 18.2 Å². The molecule has 0 aliphatic carbocycles. The number of nitrogens with one attached hydrogen (secondary N) is 1. The number of cyclic esters (lactones) is 1. The van der Waals surface area contributed by atoms with Crippen molar-refractivity contribution < 1.29 is 52.8 Å². The highest BCUT2D eigenvalue weighted by molar-refractivity contribution is 7.94. The van der Waals surface area contributed by atoms with Gasteiger partial charge < -0.3 is 30.8 Å². The topological polar surface area (TPSA) is 200 Å². The number of aromatic hydroxyl groups is 1. The third-order valence-electron chi connectivity index (χ3n) is 5.69. The Morgan fingerprint density at radius 2 is 2.00 bits per heavy atom. The third-order valence-corrected chi connectivity index (χ3v) is 7.39. The van der Waals surface area contributed by atoms with Crippen molar-refractivity contribution in [2.45, 2.75) is 32.6 Å². The molecule has 1 aromatic rings. The summed E-state index contributed by atoms with van der Waals surface area (Å²) in [5.74, 6) is -0.0661. The normalized spacial score (nSPS) is 18.0. The van der Waals surface area contributed by atoms with Gasteiger partial charge in [-0.05, 0) is 42.5 Å². The zero-order valence-corrected chi connectivity index (χ0v) is 25.9. The molecule has 0 saturated carbocycles. The van der Waals surface area contributed by atoms with Gasteiger partial charge in [-0.3, -0.25) is 4.79 Å². The van der Waals surface area contributed by atoms with Gasteiger partial charge in [0.05, 0.1) is 19.5 Å². The molecule has 0 bridgehead atoms. The molecule has 12 nitrogen and oxygen atoms in total. The third kappa shape index (κ3) is 16.1. The zero-order chi connectivity index (χ0) is 29.4. The lowest BCUT2D eigenvalue weighted by Crippen LogP contribution is -2.24. The molecule has 0 aromatic heterocycles. The molecular formula is C28H43NO11S2. The number of phenols is 1. The molecule has 1 atom stereocenters. The Kier molecular flexibility index (Phi) is 19.7. The molecule has 1 aliphatic rings. The number of carbonyl (C=O) groups is 2. The lowest BCUT2D eigenvalue weighted by molar-refractivity contribution is -0.159. The molecule has 2 rings (SSSR count). The summed E-state index contributed by atoms with van der Waals surface area (Å²) in [4.78, 5) is 29.3. The summed E-state index contributed by atoms with van der Waals surface area (Å²) in [6.07, 6.45) is 12.0. The largest absolute Gasteiger partial charge is 0.507 e. The fraction of sp³-hybridized carbons (Fsp3) is 0.500. The summed E-state index contributed by atoms with van der Waals surface area (Å²) < 4.78 is 38.9. The molecule has 0 radical (unpaired) electrons. The number of hydrogen-bond acceptors (Lipinski definition) is 11. The van der Waals surface area contributed by atoms with Crippen molar-refractivity contribution in [3.63, 3.8) is 0 Å². The standard InChI is InChI=1S/C28H39NO9S2.2H2O/c1-21-11-12-24(30)10-6-4-5-9-23-16-25(17-26(31)27(23)28(32)37-19-21)36-14-13-29-18-22(20-39-38-35-2)8-7-15-40(3,33)34;;/h5,8-9,11-12,16-17,21,29,31H,4,6-7,10,13-15,18-20H2,1-3H3;2*1H2/b9-5+,12-11-,22-8+;;/t21-;;/m1../s1. The van der Waals surface area contributed by atoms with Crippen molar-refractivity contribution in [2.75, 3.05) is 51.2 Å². The van der Waals surface area contributed by atoms with Crippen LogP contribution in [0, 0.1) is 5.92 Å². The summed E-state index contributed by atoms with van der Waals surface area (Å²) in [5.41, 5.74) is 1.47. The van der Waals surface area contributed by atoms with Gasteiger partial charge in [-0.25, -0.2) is 18.1 Å². The fourth-order valence-electron chi connectivity index (χ4n) is 3.65. The summed E-state index contributed by atoms with van der Waals surface area (Å²) in [6, 6.07) is 3.05. The Balaban J connectivity index is 0.00000840. The Morgan fingerprint density at radius 1 is 1.24 bits per heavy atom. The molecule has 0 amide bonds. The van der Waals surface area contributed by atoms with E-state index in [1.165, 1.54) is 25.5 Å². The van der Waals surface area contributed by atoms with E-state index in [0.29, 0.717) is 55.8 Å². The van der Waals surface area contributed by atoms with Gasteiger partial charge in [0.2, 0.25) is 0 Å². The SMILES string of the molecule is COOSC/C(=C/CCS(C)(=O)=O)CNCCOc1cc(O)c2c(c1)/C=C/CCCC(=O)/C=C\[C@@H](C)COC2=O.O.O. The van der Waals surface area contributed by atoms with E-state index in [9.17, 15) is 23.1 Å². The number of ketones is 1. The van der Waals surface area contributed by atoms with Crippen LogP contribution < -0.4 is 10.1 Å². The van der Waals surface area contributed by atoms with Crippen LogP contribution in [0.5, 0.6) is 11.5 Å². The number of fused-ring (bicyclic) bond motifs is 1. The number of ether oxygens (including phenoxy) is 2. The highest BCUT2D eigenvalue weighted by Gasteiger charge is 2.19. The van der Waals surface area contributed by atoms with E-state index >= 15 is 0 Å². The van der Waals surface area contributed by atoms with E-state index < -0.39 is 15.8 Å². The number of hydrogen-bond donors (Lipinski definition) is 2. The highest BCUT2D eigenvalue weighted by atomic mass is 32.2. The van der Waals surface area contributed by atoms with Crippen LogP contribution in [-0.2, 0) is 28.6 Å². The monoisotopic (exact) mass is 633 g/mol. The van der Waals surface area contributed by atoms with Crippen LogP contribution in [0.4, 0.5) is 0 Å². The second kappa shape index (κ2) is 21.0. The maximum absolute atomic E-state index is 12.8. The van der Waals surface area contributed by atoms with E-state index in [2.05, 4.69) is 10.2 Å². The molecule has 0 saturated heterocycles. The highest BCUT2D eigenvalue weighted by Crippen LogP contribution is 2.30. The molecule has 6 N–H and O–H groups in total. The number of esters is 1. The van der Waals surface area contributed by atoms with E-state index in [0.717, 1.165) is 17.6 Å². The minimum atomic E-state index is -3.06. The van der Waals surface area contributed by atoms with Crippen molar-refractivity contribution in [3.05, 3.63) is 53.1 Å². The minimum Gasteiger partial charge on any atom is -0.507 e. The van der Waals surface area contributed by atoms with Crippen LogP contribution in [-0.4, -0.2) is 87.4 Å². The molecule has 1 aliphatic heterocycles. The number of allylic oxidation sites excluding steroid dienone is 3. The van der Waals surface area contributed by atoms with Crippen LogP contribution in [0.15, 0.2) is 42.0 Å².